The predicted octanol–water partition coefficient (Wildman–Crippen LogP) is 2.33. The average molecular weight is 347 g/mol. The number of amides is 1. The molecule has 6 heteroatoms. The molecule has 3 rings (SSSR count). The van der Waals surface area contributed by atoms with Crippen LogP contribution in [0.4, 0.5) is 4.79 Å². The van der Waals surface area contributed by atoms with Crippen LogP contribution in [0.2, 0.25) is 0 Å². The van der Waals surface area contributed by atoms with E-state index in [2.05, 4.69) is 27.7 Å². The highest BCUT2D eigenvalue weighted by atomic mass is 127. The van der Waals surface area contributed by atoms with Gasteiger partial charge < -0.3 is 10.0 Å². The summed E-state index contributed by atoms with van der Waals surface area (Å²) >= 11 is 2.25. The van der Waals surface area contributed by atoms with Crippen molar-refractivity contribution in [1.29, 1.82) is 0 Å². The van der Waals surface area contributed by atoms with Gasteiger partial charge in [-0.1, -0.05) is 0 Å². The maximum absolute atomic E-state index is 11.2. The first kappa shape index (κ1) is 11.3. The monoisotopic (exact) mass is 347 g/mol. The van der Waals surface area contributed by atoms with Crippen LogP contribution in [0.5, 0.6) is 0 Å². The second kappa shape index (κ2) is 4.15. The Kier molecular flexibility index (Phi) is 2.76. The molecule has 1 aromatic rings. The summed E-state index contributed by atoms with van der Waals surface area (Å²) in [5, 5.41) is 13.5. The summed E-state index contributed by atoms with van der Waals surface area (Å²) in [5.74, 6) is 0. The number of carbonyl (C=O) groups is 1. The lowest BCUT2D eigenvalue weighted by Gasteiger charge is -2.37. The molecule has 2 bridgehead atoms. The summed E-state index contributed by atoms with van der Waals surface area (Å²) in [6.07, 6.45) is 6.96. The van der Waals surface area contributed by atoms with Gasteiger partial charge in [0.2, 0.25) is 0 Å². The van der Waals surface area contributed by atoms with Gasteiger partial charge in [0.05, 0.1) is 15.8 Å². The molecule has 92 valence electrons. The van der Waals surface area contributed by atoms with Crippen LogP contribution in [0.15, 0.2) is 12.4 Å². The van der Waals surface area contributed by atoms with Crippen LogP contribution in [-0.4, -0.2) is 38.0 Å². The van der Waals surface area contributed by atoms with E-state index < -0.39 is 6.09 Å². The van der Waals surface area contributed by atoms with Gasteiger partial charge in [0.25, 0.3) is 0 Å². The lowest BCUT2D eigenvalue weighted by molar-refractivity contribution is 0.0845. The van der Waals surface area contributed by atoms with Crippen LogP contribution in [-0.2, 0) is 0 Å². The van der Waals surface area contributed by atoms with Gasteiger partial charge in [-0.2, -0.15) is 5.10 Å². The molecular weight excluding hydrogens is 333 g/mol. The van der Waals surface area contributed by atoms with Crippen molar-refractivity contribution in [1.82, 2.24) is 14.7 Å². The Bertz CT molecular complexity index is 434. The van der Waals surface area contributed by atoms with Crippen molar-refractivity contribution >= 4 is 28.7 Å². The zero-order valence-corrected chi connectivity index (χ0v) is 11.4. The maximum Gasteiger partial charge on any atom is 0.407 e. The van der Waals surface area contributed by atoms with E-state index in [4.69, 9.17) is 0 Å². The minimum absolute atomic E-state index is 0.193. The van der Waals surface area contributed by atoms with E-state index in [-0.39, 0.29) is 12.1 Å². The molecule has 5 nitrogen and oxygen atoms in total. The summed E-state index contributed by atoms with van der Waals surface area (Å²) in [7, 11) is 0. The zero-order valence-electron chi connectivity index (χ0n) is 9.29. The topological polar surface area (TPSA) is 58.4 Å². The molecule has 0 saturated carbocycles. The number of rotatable bonds is 1. The predicted molar refractivity (Wildman–Crippen MR) is 69.9 cm³/mol. The van der Waals surface area contributed by atoms with Crippen LogP contribution in [0, 0.1) is 3.57 Å². The van der Waals surface area contributed by atoms with Gasteiger partial charge in [-0.15, -0.1) is 0 Å². The van der Waals surface area contributed by atoms with Gasteiger partial charge in [-0.25, -0.2) is 4.79 Å². The number of halogens is 1. The number of hydrogen-bond acceptors (Lipinski definition) is 2. The molecule has 2 fully saturated rings. The average Bonchev–Trinajstić information content (AvgIpc) is 2.81. The van der Waals surface area contributed by atoms with Gasteiger partial charge >= 0.3 is 6.09 Å². The summed E-state index contributed by atoms with van der Waals surface area (Å²) in [6, 6.07) is 0.753. The standard InChI is InChI=1S/C11H14IN3O2/c12-7-5-13-14(6-7)10-3-8-1-2-9(4-10)15(8)11(16)17/h5-6,8-10H,1-4H2,(H,16,17)/t8-,9+,10?. The van der Waals surface area contributed by atoms with Crippen molar-refractivity contribution in [3.05, 3.63) is 16.0 Å². The van der Waals surface area contributed by atoms with Crippen LogP contribution in [0.1, 0.15) is 31.7 Å². The summed E-state index contributed by atoms with van der Waals surface area (Å²) < 4.78 is 3.14. The Balaban J connectivity index is 1.80. The fourth-order valence-corrected chi connectivity index (χ4v) is 3.60. The molecule has 1 aromatic heterocycles. The fraction of sp³-hybridized carbons (Fsp3) is 0.636. The fourth-order valence-electron chi connectivity index (χ4n) is 3.19. The molecule has 0 aliphatic carbocycles. The van der Waals surface area contributed by atoms with Crippen molar-refractivity contribution < 1.29 is 9.90 Å². The van der Waals surface area contributed by atoms with E-state index in [0.717, 1.165) is 29.3 Å². The van der Waals surface area contributed by atoms with E-state index in [1.54, 1.807) is 4.90 Å². The largest absolute Gasteiger partial charge is 0.465 e. The minimum Gasteiger partial charge on any atom is -0.465 e. The van der Waals surface area contributed by atoms with E-state index in [1.807, 2.05) is 17.1 Å². The van der Waals surface area contributed by atoms with E-state index in [1.165, 1.54) is 0 Å². The quantitative estimate of drug-likeness (QED) is 0.794. The smallest absolute Gasteiger partial charge is 0.407 e. The van der Waals surface area contributed by atoms with E-state index >= 15 is 0 Å². The molecule has 2 aliphatic rings. The minimum atomic E-state index is -0.758. The molecule has 1 amide bonds. The number of aromatic nitrogens is 2. The Morgan fingerprint density at radius 3 is 2.47 bits per heavy atom. The molecule has 0 aromatic carbocycles. The Labute approximate surface area is 113 Å². The Hall–Kier alpha value is -0.790. The first-order valence-corrected chi connectivity index (χ1v) is 6.94. The number of hydrogen-bond donors (Lipinski definition) is 1. The molecular formula is C11H14IN3O2. The first-order chi connectivity index (χ1) is 8.15. The van der Waals surface area contributed by atoms with Crippen molar-refractivity contribution in [3.63, 3.8) is 0 Å². The molecule has 17 heavy (non-hydrogen) atoms. The summed E-state index contributed by atoms with van der Waals surface area (Å²) in [4.78, 5) is 12.8. The summed E-state index contributed by atoms with van der Waals surface area (Å²) in [5.41, 5.74) is 0. The highest BCUT2D eigenvalue weighted by Gasteiger charge is 2.43. The van der Waals surface area contributed by atoms with Crippen LogP contribution in [0.3, 0.4) is 0 Å². The number of fused-ring (bicyclic) bond motifs is 2. The molecule has 1 N–H and O–H groups in total. The third-order valence-electron chi connectivity index (χ3n) is 3.87. The normalized spacial score (nSPS) is 31.8. The number of nitrogens with zero attached hydrogens (tertiary/aromatic N) is 3. The highest BCUT2D eigenvalue weighted by Crippen LogP contribution is 2.40. The SMILES string of the molecule is O=C(O)N1[C@@H]2CC[C@H]1CC(n1cc(I)cn1)C2. The lowest BCUT2D eigenvalue weighted by Crippen LogP contribution is -2.46. The molecule has 0 spiro atoms. The number of piperidine rings is 1. The van der Waals surface area contributed by atoms with Gasteiger partial charge in [0.15, 0.2) is 0 Å². The van der Waals surface area contributed by atoms with Crippen molar-refractivity contribution in [2.75, 3.05) is 0 Å². The number of carboxylic acid groups (broad SMARTS) is 1. The Morgan fingerprint density at radius 1 is 1.35 bits per heavy atom. The summed E-state index contributed by atoms with van der Waals surface area (Å²) in [6.45, 7) is 0. The molecule has 3 heterocycles. The zero-order chi connectivity index (χ0) is 12.0. The van der Waals surface area contributed by atoms with Gasteiger partial charge in [-0.05, 0) is 48.3 Å². The first-order valence-electron chi connectivity index (χ1n) is 5.86. The maximum atomic E-state index is 11.2. The van der Waals surface area contributed by atoms with Gasteiger partial charge in [0.1, 0.15) is 0 Å². The van der Waals surface area contributed by atoms with Gasteiger partial charge in [-0.3, -0.25) is 4.68 Å². The molecule has 2 saturated heterocycles. The third-order valence-corrected chi connectivity index (χ3v) is 4.43. The molecule has 2 aliphatic heterocycles. The van der Waals surface area contributed by atoms with Crippen LogP contribution >= 0.6 is 22.6 Å². The second-order valence-electron chi connectivity index (χ2n) is 4.84. The van der Waals surface area contributed by atoms with Crippen molar-refractivity contribution in [2.24, 2.45) is 0 Å². The van der Waals surface area contributed by atoms with Crippen LogP contribution in [0.25, 0.3) is 0 Å². The van der Waals surface area contributed by atoms with Crippen molar-refractivity contribution in [2.45, 2.75) is 43.8 Å². The molecule has 3 atom stereocenters. The Morgan fingerprint density at radius 2 is 2.00 bits per heavy atom. The third kappa shape index (κ3) is 1.92. The second-order valence-corrected chi connectivity index (χ2v) is 6.08. The highest BCUT2D eigenvalue weighted by molar-refractivity contribution is 14.1. The van der Waals surface area contributed by atoms with E-state index in [0.29, 0.717) is 6.04 Å². The van der Waals surface area contributed by atoms with Gasteiger partial charge in [0, 0.05) is 18.3 Å². The lowest BCUT2D eigenvalue weighted by atomic mass is 9.98. The molecule has 0 radical (unpaired) electrons. The van der Waals surface area contributed by atoms with E-state index in [9.17, 15) is 9.90 Å². The van der Waals surface area contributed by atoms with Crippen molar-refractivity contribution in [3.8, 4) is 0 Å². The van der Waals surface area contributed by atoms with Crippen LogP contribution < -0.4 is 0 Å². The molecule has 1 unspecified atom stereocenters.